The molecule has 0 saturated carbocycles. The van der Waals surface area contributed by atoms with Crippen LogP contribution in [0.3, 0.4) is 0 Å². The van der Waals surface area contributed by atoms with Gasteiger partial charge in [0.15, 0.2) is 0 Å². The van der Waals surface area contributed by atoms with Crippen LogP contribution in [-0.4, -0.2) is 31.6 Å². The van der Waals surface area contributed by atoms with E-state index in [2.05, 4.69) is 226 Å². The minimum absolute atomic E-state index is 0. The molecule has 13 aromatic rings. The van der Waals surface area contributed by atoms with Gasteiger partial charge in [0.2, 0.25) is 0 Å². The molecule has 0 amide bonds. The van der Waals surface area contributed by atoms with Crippen LogP contribution >= 0.6 is 0 Å². The fourth-order valence-electron chi connectivity index (χ4n) is 10.3. The zero-order valence-corrected chi connectivity index (χ0v) is 36.3. The molecular weight excluding hydrogens is 877 g/mol. The van der Waals surface area contributed by atoms with Crippen molar-refractivity contribution in [1.29, 1.82) is 0 Å². The summed E-state index contributed by atoms with van der Waals surface area (Å²) in [5, 5.41) is 12.8. The number of hydrogen-bond acceptors (Lipinski definition) is 2. The van der Waals surface area contributed by atoms with Gasteiger partial charge in [0.1, 0.15) is 13.7 Å². The molecule has 5 heterocycles. The standard InChI is InChI=1S/C56H35N5Si.Pd/c1-4-16-38(17-5-1)60-50-28-13-11-25-46(50)53-51(60)31-32-52-54(53)47-26-15-33-57-56(47)61(52)39-18-14-23-42(36-39)62(40-19-6-2-7-20-40,41-21-8-3-9-22-41)43-29-30-44-45-24-10-12-27-49(45)59-35-34-58-55(59)48(44)37-43;/h1-35H;/q-2;+2. The third-order valence-electron chi connectivity index (χ3n) is 12.8. The third kappa shape index (κ3) is 5.38. The van der Waals surface area contributed by atoms with Crippen molar-refractivity contribution in [3.05, 3.63) is 225 Å². The maximum absolute atomic E-state index is 5.13. The molecule has 13 rings (SSSR count). The molecule has 0 aliphatic heterocycles. The van der Waals surface area contributed by atoms with Gasteiger partial charge in [-0.1, -0.05) is 126 Å². The Balaban J connectivity index is 0.00000421. The molecule has 7 heteroatoms. The van der Waals surface area contributed by atoms with E-state index in [0.717, 1.165) is 65.8 Å². The number of imidazole rings is 1. The van der Waals surface area contributed by atoms with Crippen molar-refractivity contribution in [3.63, 3.8) is 0 Å². The van der Waals surface area contributed by atoms with Crippen molar-refractivity contribution in [2.45, 2.75) is 0 Å². The summed E-state index contributed by atoms with van der Waals surface area (Å²) >= 11 is 0. The zero-order valence-electron chi connectivity index (χ0n) is 33.8. The van der Waals surface area contributed by atoms with Crippen molar-refractivity contribution in [1.82, 2.24) is 23.5 Å². The molecule has 0 N–H and O–H groups in total. The topological polar surface area (TPSA) is 40.0 Å². The van der Waals surface area contributed by atoms with Gasteiger partial charge in [-0.3, -0.25) is 4.98 Å². The van der Waals surface area contributed by atoms with Crippen LogP contribution in [0.25, 0.3) is 82.4 Å². The molecule has 5 aromatic heterocycles. The number of benzene rings is 8. The molecule has 0 spiro atoms. The molecule has 298 valence electrons. The Bertz CT molecular complexity index is 3830. The largest absolute Gasteiger partial charge is 2.00 e. The van der Waals surface area contributed by atoms with E-state index in [0.29, 0.717) is 0 Å². The summed E-state index contributed by atoms with van der Waals surface area (Å²) in [7, 11) is -3.13. The van der Waals surface area contributed by atoms with E-state index >= 15 is 0 Å². The van der Waals surface area contributed by atoms with Crippen LogP contribution in [0.15, 0.2) is 213 Å². The average Bonchev–Trinajstić information content (AvgIpc) is 4.07. The molecule has 5 nitrogen and oxygen atoms in total. The maximum atomic E-state index is 5.13. The first-order chi connectivity index (χ1) is 30.8. The SMILES string of the molecule is [Pd+2].[c-]1c(-n2c3ccc4c(c5ccccc5n4-c4ccccc4)c3c3cccnc32)cccc1[Si](c1[c-]c2c(cc1)c1ccccc1n1ccnc21)(c1ccccc1)c1ccccc1. The minimum Gasteiger partial charge on any atom is -0.340 e. The molecule has 63 heavy (non-hydrogen) atoms. The van der Waals surface area contributed by atoms with Gasteiger partial charge in [0.25, 0.3) is 0 Å². The van der Waals surface area contributed by atoms with Crippen molar-refractivity contribution < 1.29 is 20.4 Å². The van der Waals surface area contributed by atoms with E-state index in [1.807, 2.05) is 12.4 Å². The van der Waals surface area contributed by atoms with Gasteiger partial charge in [0, 0.05) is 51.3 Å². The molecule has 0 bridgehead atoms. The molecule has 0 aliphatic carbocycles. The normalized spacial score (nSPS) is 12.0. The predicted molar refractivity (Wildman–Crippen MR) is 258 cm³/mol. The van der Waals surface area contributed by atoms with E-state index in [1.165, 1.54) is 37.4 Å². The van der Waals surface area contributed by atoms with E-state index in [-0.39, 0.29) is 20.4 Å². The molecule has 0 fully saturated rings. The number of rotatable bonds is 6. The summed E-state index contributed by atoms with van der Waals surface area (Å²) in [6, 6.07) is 78.4. The minimum atomic E-state index is -3.13. The number of hydrogen-bond donors (Lipinski definition) is 0. The summed E-state index contributed by atoms with van der Waals surface area (Å²) in [5.74, 6) is 0. The van der Waals surface area contributed by atoms with Crippen molar-refractivity contribution in [2.75, 3.05) is 0 Å². The number of aromatic nitrogens is 5. The number of pyridine rings is 2. The second-order valence-electron chi connectivity index (χ2n) is 16.0. The van der Waals surface area contributed by atoms with Gasteiger partial charge in [-0.15, -0.1) is 34.8 Å². The van der Waals surface area contributed by atoms with Crippen LogP contribution in [0.5, 0.6) is 0 Å². The predicted octanol–water partition coefficient (Wildman–Crippen LogP) is 10.2. The van der Waals surface area contributed by atoms with Crippen LogP contribution in [0, 0.1) is 12.1 Å². The Labute approximate surface area is 377 Å². The van der Waals surface area contributed by atoms with E-state index < -0.39 is 8.07 Å². The Kier molecular flexibility index (Phi) is 8.67. The number of fused-ring (bicyclic) bond motifs is 13. The molecule has 0 saturated heterocycles. The van der Waals surface area contributed by atoms with Gasteiger partial charge in [-0.05, 0) is 64.3 Å². The second kappa shape index (κ2) is 14.6. The monoisotopic (exact) mass is 911 g/mol. The summed E-state index contributed by atoms with van der Waals surface area (Å²) in [6.45, 7) is 0. The summed E-state index contributed by atoms with van der Waals surface area (Å²) in [4.78, 5) is 10.1. The zero-order chi connectivity index (χ0) is 40.8. The molecule has 0 aliphatic rings. The first-order valence-electron chi connectivity index (χ1n) is 21.0. The molecule has 0 radical (unpaired) electrons. The Morgan fingerprint density at radius 1 is 0.397 bits per heavy atom. The molecule has 0 atom stereocenters. The number of nitrogens with zero attached hydrogens (tertiary/aromatic N) is 5. The van der Waals surface area contributed by atoms with E-state index in [1.54, 1.807) is 0 Å². The van der Waals surface area contributed by atoms with Crippen LogP contribution in [-0.2, 0) is 20.4 Å². The average molecular weight is 912 g/mol. The molecule has 0 unspecified atom stereocenters. The summed E-state index contributed by atoms with van der Waals surface area (Å²) in [6.07, 6.45) is 5.86. The summed E-state index contributed by atoms with van der Waals surface area (Å²) in [5.41, 5.74) is 8.44. The smallest absolute Gasteiger partial charge is 0.340 e. The fourth-order valence-corrected chi connectivity index (χ4v) is 14.9. The van der Waals surface area contributed by atoms with Crippen LogP contribution in [0.2, 0.25) is 0 Å². The van der Waals surface area contributed by atoms with Crippen molar-refractivity contribution in [2.24, 2.45) is 0 Å². The Morgan fingerprint density at radius 3 is 1.76 bits per heavy atom. The van der Waals surface area contributed by atoms with E-state index in [9.17, 15) is 0 Å². The van der Waals surface area contributed by atoms with Gasteiger partial charge in [0.05, 0.1) is 22.2 Å². The van der Waals surface area contributed by atoms with Gasteiger partial charge < -0.3 is 13.5 Å². The van der Waals surface area contributed by atoms with E-state index in [4.69, 9.17) is 9.97 Å². The fraction of sp³-hybridized carbons (Fsp3) is 0. The van der Waals surface area contributed by atoms with Gasteiger partial charge in [-0.2, -0.15) is 23.4 Å². The van der Waals surface area contributed by atoms with Gasteiger partial charge in [-0.25, -0.2) is 4.98 Å². The molecule has 8 aromatic carbocycles. The van der Waals surface area contributed by atoms with Crippen LogP contribution in [0.1, 0.15) is 0 Å². The third-order valence-corrected chi connectivity index (χ3v) is 17.4. The maximum Gasteiger partial charge on any atom is 2.00 e. The Hall–Kier alpha value is -7.40. The first-order valence-corrected chi connectivity index (χ1v) is 23.0. The van der Waals surface area contributed by atoms with Gasteiger partial charge >= 0.3 is 20.4 Å². The first kappa shape index (κ1) is 37.4. The quantitative estimate of drug-likeness (QED) is 0.0722. The molecular formula is C56H35N5PdSi. The van der Waals surface area contributed by atoms with Crippen molar-refractivity contribution >= 4 is 99.9 Å². The van der Waals surface area contributed by atoms with Crippen LogP contribution in [0.4, 0.5) is 0 Å². The second-order valence-corrected chi connectivity index (χ2v) is 19.7. The van der Waals surface area contributed by atoms with Crippen molar-refractivity contribution in [3.8, 4) is 11.4 Å². The summed E-state index contributed by atoms with van der Waals surface area (Å²) < 4.78 is 6.90. The Morgan fingerprint density at radius 2 is 1.00 bits per heavy atom. The number of para-hydroxylation sites is 3. The van der Waals surface area contributed by atoms with Crippen LogP contribution < -0.4 is 20.7 Å².